The molecule has 1 unspecified atom stereocenters. The molecule has 1 amide bonds. The number of nitrogens with one attached hydrogen (secondary N) is 1. The Morgan fingerprint density at radius 2 is 1.84 bits per heavy atom. The second-order valence-corrected chi connectivity index (χ2v) is 6.40. The minimum atomic E-state index is -4.81. The SMILES string of the molecule is CC(OC(=O)Cn1c(C(F)(F)F)nc2ccccc21)C(=O)Nc1ccccc1[N+](=O)[O-]. The molecule has 9 nitrogen and oxygen atoms in total. The van der Waals surface area contributed by atoms with Crippen LogP contribution in [0.3, 0.4) is 0 Å². The van der Waals surface area contributed by atoms with Crippen molar-refractivity contribution in [2.45, 2.75) is 25.7 Å². The van der Waals surface area contributed by atoms with Crippen molar-refractivity contribution < 1.29 is 32.4 Å². The summed E-state index contributed by atoms with van der Waals surface area (Å²) in [5, 5.41) is 13.3. The van der Waals surface area contributed by atoms with Gasteiger partial charge in [-0.2, -0.15) is 13.2 Å². The van der Waals surface area contributed by atoms with Gasteiger partial charge in [-0.25, -0.2) is 4.98 Å². The van der Waals surface area contributed by atoms with Crippen molar-refractivity contribution in [1.29, 1.82) is 0 Å². The van der Waals surface area contributed by atoms with Crippen molar-refractivity contribution in [3.8, 4) is 0 Å². The smallest absolute Gasteiger partial charge is 0.449 e. The van der Waals surface area contributed by atoms with Crippen molar-refractivity contribution in [1.82, 2.24) is 9.55 Å². The number of fused-ring (bicyclic) bond motifs is 1. The second kappa shape index (κ2) is 8.42. The first-order valence-electron chi connectivity index (χ1n) is 8.84. The number of para-hydroxylation sites is 4. The van der Waals surface area contributed by atoms with Crippen LogP contribution < -0.4 is 5.32 Å². The molecule has 2 aromatic carbocycles. The predicted molar refractivity (Wildman–Crippen MR) is 102 cm³/mol. The van der Waals surface area contributed by atoms with Crippen LogP contribution in [0.1, 0.15) is 12.7 Å². The van der Waals surface area contributed by atoms with E-state index in [1.807, 2.05) is 0 Å². The maximum absolute atomic E-state index is 13.3. The van der Waals surface area contributed by atoms with Gasteiger partial charge in [-0.3, -0.25) is 19.7 Å². The van der Waals surface area contributed by atoms with Crippen LogP contribution in [0.5, 0.6) is 0 Å². The van der Waals surface area contributed by atoms with Crippen molar-refractivity contribution in [3.63, 3.8) is 0 Å². The highest BCUT2D eigenvalue weighted by Gasteiger charge is 2.38. The average Bonchev–Trinajstić information content (AvgIpc) is 3.07. The van der Waals surface area contributed by atoms with Gasteiger partial charge in [0, 0.05) is 6.07 Å². The van der Waals surface area contributed by atoms with Gasteiger partial charge in [-0.15, -0.1) is 0 Å². The van der Waals surface area contributed by atoms with Gasteiger partial charge in [0.15, 0.2) is 6.10 Å². The number of carbonyl (C=O) groups is 2. The fourth-order valence-electron chi connectivity index (χ4n) is 2.84. The minimum absolute atomic E-state index is 0.0461. The van der Waals surface area contributed by atoms with E-state index in [0.717, 1.165) is 0 Å². The molecule has 0 fully saturated rings. The third kappa shape index (κ3) is 4.79. The first-order valence-corrected chi connectivity index (χ1v) is 8.84. The molecule has 0 aliphatic carbocycles. The Labute approximate surface area is 172 Å². The topological polar surface area (TPSA) is 116 Å². The number of alkyl halides is 3. The number of nitrogens with zero attached hydrogens (tertiary/aromatic N) is 3. The number of rotatable bonds is 6. The number of nitro benzene ring substituents is 1. The highest BCUT2D eigenvalue weighted by molar-refractivity contribution is 5.96. The zero-order chi connectivity index (χ0) is 22.8. The molecule has 0 saturated heterocycles. The summed E-state index contributed by atoms with van der Waals surface area (Å²) in [6, 6.07) is 11.1. The molecule has 1 N–H and O–H groups in total. The Hall–Kier alpha value is -3.96. The molecule has 12 heteroatoms. The molecule has 3 aromatic rings. The van der Waals surface area contributed by atoms with E-state index in [4.69, 9.17) is 4.74 Å². The number of ether oxygens (including phenoxy) is 1. The number of hydrogen-bond acceptors (Lipinski definition) is 6. The Kier molecular flexibility index (Phi) is 5.90. The fraction of sp³-hybridized carbons (Fsp3) is 0.211. The van der Waals surface area contributed by atoms with Gasteiger partial charge < -0.3 is 14.6 Å². The molecule has 0 aliphatic rings. The van der Waals surface area contributed by atoms with Crippen LogP contribution >= 0.6 is 0 Å². The summed E-state index contributed by atoms with van der Waals surface area (Å²) in [6.07, 6.45) is -6.23. The zero-order valence-corrected chi connectivity index (χ0v) is 15.9. The van der Waals surface area contributed by atoms with Crippen LogP contribution in [-0.2, 0) is 27.0 Å². The number of amides is 1. The van der Waals surface area contributed by atoms with Crippen LogP contribution in [0.4, 0.5) is 24.5 Å². The molecule has 1 atom stereocenters. The van der Waals surface area contributed by atoms with Crippen molar-refractivity contribution >= 4 is 34.3 Å². The highest BCUT2D eigenvalue weighted by atomic mass is 19.4. The standard InChI is InChI=1S/C19H15F3N4O5/c1-11(17(28)23-13-7-3-5-9-15(13)26(29)30)31-16(27)10-25-14-8-4-2-6-12(14)24-18(25)19(20,21)22/h2-9,11H,10H2,1H3,(H,23,28). The maximum atomic E-state index is 13.3. The lowest BCUT2D eigenvalue weighted by Crippen LogP contribution is -2.32. The van der Waals surface area contributed by atoms with Crippen molar-refractivity contribution in [2.75, 3.05) is 5.32 Å². The number of anilines is 1. The summed E-state index contributed by atoms with van der Waals surface area (Å²) in [5.41, 5.74) is -0.358. The second-order valence-electron chi connectivity index (χ2n) is 6.40. The number of benzene rings is 2. The summed E-state index contributed by atoms with van der Waals surface area (Å²) >= 11 is 0. The summed E-state index contributed by atoms with van der Waals surface area (Å²) in [4.78, 5) is 38.3. The van der Waals surface area contributed by atoms with Crippen LogP contribution in [0.2, 0.25) is 0 Å². The van der Waals surface area contributed by atoms with E-state index in [2.05, 4.69) is 10.3 Å². The van der Waals surface area contributed by atoms with Crippen LogP contribution in [0.15, 0.2) is 48.5 Å². The molecular formula is C19H15F3N4O5. The van der Waals surface area contributed by atoms with E-state index in [0.29, 0.717) is 4.57 Å². The monoisotopic (exact) mass is 436 g/mol. The van der Waals surface area contributed by atoms with Gasteiger partial charge in [0.1, 0.15) is 12.2 Å². The van der Waals surface area contributed by atoms with Gasteiger partial charge in [0.2, 0.25) is 5.82 Å². The van der Waals surface area contributed by atoms with Crippen LogP contribution in [-0.4, -0.2) is 32.5 Å². The number of carbonyl (C=O) groups excluding carboxylic acids is 2. The maximum Gasteiger partial charge on any atom is 0.449 e. The lowest BCUT2D eigenvalue weighted by atomic mass is 10.2. The Balaban J connectivity index is 1.74. The summed E-state index contributed by atoms with van der Waals surface area (Å²) in [5.74, 6) is -3.27. The first-order chi connectivity index (χ1) is 14.6. The number of imidazole rings is 1. The predicted octanol–water partition coefficient (Wildman–Crippen LogP) is 3.53. The minimum Gasteiger partial charge on any atom is -0.451 e. The molecule has 0 bridgehead atoms. The molecule has 1 heterocycles. The van der Waals surface area contributed by atoms with E-state index in [-0.39, 0.29) is 22.4 Å². The van der Waals surface area contributed by atoms with Crippen LogP contribution in [0, 0.1) is 10.1 Å². The van der Waals surface area contributed by atoms with E-state index < -0.39 is 41.4 Å². The average molecular weight is 436 g/mol. The Bertz CT molecular complexity index is 1160. The van der Waals surface area contributed by atoms with E-state index in [9.17, 15) is 32.9 Å². The van der Waals surface area contributed by atoms with E-state index in [1.54, 1.807) is 0 Å². The van der Waals surface area contributed by atoms with Gasteiger partial charge in [-0.05, 0) is 25.1 Å². The molecule has 0 aliphatic heterocycles. The third-order valence-corrected chi connectivity index (χ3v) is 4.23. The highest BCUT2D eigenvalue weighted by Crippen LogP contribution is 2.31. The van der Waals surface area contributed by atoms with Crippen LogP contribution in [0.25, 0.3) is 11.0 Å². The Morgan fingerprint density at radius 1 is 1.19 bits per heavy atom. The molecule has 0 saturated carbocycles. The number of hydrogen-bond donors (Lipinski definition) is 1. The largest absolute Gasteiger partial charge is 0.451 e. The summed E-state index contributed by atoms with van der Waals surface area (Å²) in [7, 11) is 0. The molecule has 31 heavy (non-hydrogen) atoms. The first kappa shape index (κ1) is 21.7. The molecule has 0 radical (unpaired) electrons. The third-order valence-electron chi connectivity index (χ3n) is 4.23. The fourth-order valence-corrected chi connectivity index (χ4v) is 2.84. The number of esters is 1. The number of halogens is 3. The van der Waals surface area contributed by atoms with E-state index in [1.165, 1.54) is 55.5 Å². The molecule has 0 spiro atoms. The van der Waals surface area contributed by atoms with Gasteiger partial charge in [-0.1, -0.05) is 24.3 Å². The Morgan fingerprint density at radius 3 is 2.52 bits per heavy atom. The lowest BCUT2D eigenvalue weighted by molar-refractivity contribution is -0.383. The van der Waals surface area contributed by atoms with Crippen molar-refractivity contribution in [2.24, 2.45) is 0 Å². The van der Waals surface area contributed by atoms with Crippen molar-refractivity contribution in [3.05, 3.63) is 64.5 Å². The van der Waals surface area contributed by atoms with Gasteiger partial charge in [0.05, 0.1) is 16.0 Å². The molecule has 1 aromatic heterocycles. The quantitative estimate of drug-likeness (QED) is 0.359. The van der Waals surface area contributed by atoms with Gasteiger partial charge in [0.25, 0.3) is 11.6 Å². The summed E-state index contributed by atoms with van der Waals surface area (Å²) < 4.78 is 45.6. The molecular weight excluding hydrogens is 421 g/mol. The number of nitro groups is 1. The zero-order valence-electron chi connectivity index (χ0n) is 15.9. The van der Waals surface area contributed by atoms with Gasteiger partial charge >= 0.3 is 12.1 Å². The van der Waals surface area contributed by atoms with E-state index >= 15 is 0 Å². The number of aromatic nitrogens is 2. The lowest BCUT2D eigenvalue weighted by Gasteiger charge is -2.15. The summed E-state index contributed by atoms with van der Waals surface area (Å²) in [6.45, 7) is 0.358. The molecule has 3 rings (SSSR count). The normalized spacial score (nSPS) is 12.4. The molecule has 162 valence electrons.